The molecule has 3 N–H and O–H groups in total. The van der Waals surface area contributed by atoms with Crippen LogP contribution in [0, 0.1) is 0 Å². The highest BCUT2D eigenvalue weighted by Crippen LogP contribution is 2.36. The number of nitrogens with zero attached hydrogens (tertiary/aromatic N) is 2. The van der Waals surface area contributed by atoms with Crippen molar-refractivity contribution >= 4 is 63.9 Å². The quantitative estimate of drug-likeness (QED) is 0.223. The molecule has 196 valence electrons. The van der Waals surface area contributed by atoms with Gasteiger partial charge in [0.1, 0.15) is 11.7 Å². The van der Waals surface area contributed by atoms with Crippen LogP contribution in [0.3, 0.4) is 0 Å². The number of halogens is 4. The van der Waals surface area contributed by atoms with E-state index in [0.717, 1.165) is 0 Å². The third kappa shape index (κ3) is 6.49. The van der Waals surface area contributed by atoms with Crippen molar-refractivity contribution in [2.24, 2.45) is 5.73 Å². The van der Waals surface area contributed by atoms with E-state index in [1.165, 1.54) is 4.90 Å². The minimum atomic E-state index is -1.31. The number of amides is 2. The molecule has 7 nitrogen and oxygen atoms in total. The number of aromatic nitrogens is 1. The second-order valence-electron chi connectivity index (χ2n) is 8.19. The van der Waals surface area contributed by atoms with E-state index in [1.807, 2.05) is 6.07 Å². The highest BCUT2D eigenvalue weighted by Gasteiger charge is 2.24. The van der Waals surface area contributed by atoms with Gasteiger partial charge in [-0.3, -0.25) is 9.59 Å². The number of anilines is 1. The Kier molecular flexibility index (Phi) is 9.31. The smallest absolute Gasteiger partial charge is 0.260 e. The molecular formula is C27H22Cl4N4O3. The van der Waals surface area contributed by atoms with E-state index in [0.29, 0.717) is 43.9 Å². The van der Waals surface area contributed by atoms with Crippen LogP contribution in [0.1, 0.15) is 11.6 Å². The zero-order valence-electron chi connectivity index (χ0n) is 19.8. The molecule has 0 saturated carbocycles. The number of nitrogens with one attached hydrogen (secondary N) is 1. The number of benzene rings is 3. The van der Waals surface area contributed by atoms with Crippen molar-refractivity contribution in [3.63, 3.8) is 0 Å². The molecule has 3 aromatic carbocycles. The molecule has 1 aromatic heterocycles. The Morgan fingerprint density at radius 3 is 2.32 bits per heavy atom. The SMILES string of the molecule is N[C@@H](C(=O)NCCN(C(=O)C(Cl)Cl)c1cccc(-c2cc(-c3c(Cl)cccc3Cl)no2)c1)c1ccccc1. The van der Waals surface area contributed by atoms with E-state index in [-0.39, 0.29) is 19.0 Å². The summed E-state index contributed by atoms with van der Waals surface area (Å²) in [6.45, 7) is 0.218. The summed E-state index contributed by atoms with van der Waals surface area (Å²) in [5.41, 5.74) is 8.88. The zero-order valence-corrected chi connectivity index (χ0v) is 22.8. The number of carbonyl (C=O) groups is 2. The van der Waals surface area contributed by atoms with Crippen molar-refractivity contribution in [1.29, 1.82) is 0 Å². The lowest BCUT2D eigenvalue weighted by Crippen LogP contribution is -2.43. The Balaban J connectivity index is 1.52. The fourth-order valence-electron chi connectivity index (χ4n) is 3.80. The molecule has 0 spiro atoms. The van der Waals surface area contributed by atoms with Gasteiger partial charge in [-0.05, 0) is 29.8 Å². The van der Waals surface area contributed by atoms with Gasteiger partial charge in [0.15, 0.2) is 10.6 Å². The predicted octanol–water partition coefficient (Wildman–Crippen LogP) is 6.27. The van der Waals surface area contributed by atoms with Crippen LogP contribution >= 0.6 is 46.4 Å². The van der Waals surface area contributed by atoms with Crippen molar-refractivity contribution in [3.8, 4) is 22.6 Å². The number of rotatable bonds is 9. The first-order valence-electron chi connectivity index (χ1n) is 11.5. The van der Waals surface area contributed by atoms with E-state index in [9.17, 15) is 9.59 Å². The molecule has 4 aromatic rings. The van der Waals surface area contributed by atoms with Crippen LogP contribution in [0.2, 0.25) is 10.0 Å². The van der Waals surface area contributed by atoms with Gasteiger partial charge in [-0.1, -0.05) is 100 Å². The third-order valence-electron chi connectivity index (χ3n) is 5.70. The van der Waals surface area contributed by atoms with Crippen LogP contribution in [0.5, 0.6) is 0 Å². The Bertz CT molecular complexity index is 1410. The maximum Gasteiger partial charge on any atom is 0.260 e. The van der Waals surface area contributed by atoms with Crippen LogP contribution in [0.25, 0.3) is 22.6 Å². The van der Waals surface area contributed by atoms with Crippen molar-refractivity contribution in [1.82, 2.24) is 10.5 Å². The topological polar surface area (TPSA) is 101 Å². The monoisotopic (exact) mass is 590 g/mol. The highest BCUT2D eigenvalue weighted by atomic mass is 35.5. The normalized spacial score (nSPS) is 11.8. The number of nitrogens with two attached hydrogens (primary N) is 1. The lowest BCUT2D eigenvalue weighted by molar-refractivity contribution is -0.122. The van der Waals surface area contributed by atoms with Crippen molar-refractivity contribution in [2.75, 3.05) is 18.0 Å². The molecule has 0 aliphatic rings. The van der Waals surface area contributed by atoms with E-state index in [4.69, 9.17) is 56.7 Å². The highest BCUT2D eigenvalue weighted by molar-refractivity contribution is 6.54. The van der Waals surface area contributed by atoms with Crippen LogP contribution < -0.4 is 16.0 Å². The van der Waals surface area contributed by atoms with Crippen LogP contribution in [-0.2, 0) is 9.59 Å². The van der Waals surface area contributed by atoms with E-state index >= 15 is 0 Å². The lowest BCUT2D eigenvalue weighted by atomic mass is 10.1. The molecule has 38 heavy (non-hydrogen) atoms. The summed E-state index contributed by atoms with van der Waals surface area (Å²) >= 11 is 24.4. The lowest BCUT2D eigenvalue weighted by Gasteiger charge is -2.24. The summed E-state index contributed by atoms with van der Waals surface area (Å²) in [6.07, 6.45) is 0. The molecule has 0 aliphatic heterocycles. The molecule has 0 aliphatic carbocycles. The van der Waals surface area contributed by atoms with Crippen LogP contribution in [-0.4, -0.2) is 34.9 Å². The van der Waals surface area contributed by atoms with Gasteiger partial charge < -0.3 is 20.5 Å². The number of hydrogen-bond acceptors (Lipinski definition) is 5. The van der Waals surface area contributed by atoms with Gasteiger partial charge in [-0.25, -0.2) is 0 Å². The minimum absolute atomic E-state index is 0.0996. The number of hydrogen-bond donors (Lipinski definition) is 2. The summed E-state index contributed by atoms with van der Waals surface area (Å²) in [6, 6.07) is 22.0. The summed E-state index contributed by atoms with van der Waals surface area (Å²) in [7, 11) is 0. The Morgan fingerprint density at radius 2 is 1.63 bits per heavy atom. The van der Waals surface area contributed by atoms with Crippen LogP contribution in [0.4, 0.5) is 5.69 Å². The summed E-state index contributed by atoms with van der Waals surface area (Å²) in [5.74, 6) is -0.494. The van der Waals surface area contributed by atoms with E-state index < -0.39 is 16.8 Å². The third-order valence-corrected chi connectivity index (χ3v) is 6.70. The predicted molar refractivity (Wildman–Crippen MR) is 152 cm³/mol. The van der Waals surface area contributed by atoms with Gasteiger partial charge in [0, 0.05) is 36.0 Å². The molecule has 0 saturated heterocycles. The maximum atomic E-state index is 12.8. The first-order valence-corrected chi connectivity index (χ1v) is 13.1. The second kappa shape index (κ2) is 12.7. The minimum Gasteiger partial charge on any atom is -0.356 e. The fraction of sp³-hybridized carbons (Fsp3) is 0.148. The first-order chi connectivity index (χ1) is 18.3. The molecule has 0 unspecified atom stereocenters. The Hall–Kier alpha value is -3.07. The first kappa shape index (κ1) is 28.0. The van der Waals surface area contributed by atoms with Gasteiger partial charge in [0.25, 0.3) is 5.91 Å². The standard InChI is InChI=1S/C27H22Cl4N4O3/c28-19-10-5-11-20(29)23(19)21-15-22(38-34-21)17-8-4-9-18(14-17)35(27(37)25(30)31)13-12-33-26(36)24(32)16-6-2-1-3-7-16/h1-11,14-15,24-25H,12-13,32H2,(H,33,36)/t24-/m1/s1. The molecule has 11 heteroatoms. The van der Waals surface area contributed by atoms with Gasteiger partial charge >= 0.3 is 0 Å². The molecular weight excluding hydrogens is 570 g/mol. The van der Waals surface area contributed by atoms with E-state index in [2.05, 4.69) is 10.5 Å². The summed E-state index contributed by atoms with van der Waals surface area (Å²) in [4.78, 5) is 25.5. The second-order valence-corrected chi connectivity index (χ2v) is 10.1. The van der Waals surface area contributed by atoms with Crippen molar-refractivity contribution in [3.05, 3.63) is 94.5 Å². The van der Waals surface area contributed by atoms with Gasteiger partial charge in [0.05, 0.1) is 10.0 Å². The zero-order chi connectivity index (χ0) is 27.2. The van der Waals surface area contributed by atoms with Gasteiger partial charge in [0.2, 0.25) is 5.91 Å². The van der Waals surface area contributed by atoms with Crippen molar-refractivity contribution in [2.45, 2.75) is 10.9 Å². The average Bonchev–Trinajstić information content (AvgIpc) is 3.40. The number of carbonyl (C=O) groups excluding carboxylic acids is 2. The molecule has 2 amide bonds. The number of alkyl halides is 2. The Morgan fingerprint density at radius 1 is 0.947 bits per heavy atom. The summed E-state index contributed by atoms with van der Waals surface area (Å²) in [5, 5.41) is 7.74. The average molecular weight is 592 g/mol. The Labute approximate surface area is 239 Å². The van der Waals surface area contributed by atoms with Gasteiger partial charge in [-0.15, -0.1) is 0 Å². The molecule has 0 fully saturated rings. The molecule has 0 bridgehead atoms. The molecule has 0 radical (unpaired) electrons. The van der Waals surface area contributed by atoms with Gasteiger partial charge in [-0.2, -0.15) is 0 Å². The molecule has 1 heterocycles. The fourth-order valence-corrected chi connectivity index (χ4v) is 4.62. The van der Waals surface area contributed by atoms with Crippen LogP contribution in [0.15, 0.2) is 83.4 Å². The summed E-state index contributed by atoms with van der Waals surface area (Å²) < 4.78 is 5.55. The molecule has 1 atom stereocenters. The molecule has 4 rings (SSSR count). The maximum absolute atomic E-state index is 12.8. The van der Waals surface area contributed by atoms with Crippen molar-refractivity contribution < 1.29 is 14.1 Å². The van der Waals surface area contributed by atoms with E-state index in [1.54, 1.807) is 72.8 Å². The largest absolute Gasteiger partial charge is 0.356 e.